The molecule has 0 amide bonds. The number of hydrogen-bond acceptors (Lipinski definition) is 5. The number of anilines is 1. The summed E-state index contributed by atoms with van der Waals surface area (Å²) in [7, 11) is 1.26. The quantitative estimate of drug-likeness (QED) is 0.605. The van der Waals surface area contributed by atoms with Crippen molar-refractivity contribution in [2.75, 3.05) is 31.7 Å². The van der Waals surface area contributed by atoms with E-state index in [1.165, 1.54) is 30.2 Å². The van der Waals surface area contributed by atoms with Crippen molar-refractivity contribution >= 4 is 11.4 Å². The van der Waals surface area contributed by atoms with Gasteiger partial charge in [0.15, 0.2) is 5.75 Å². The highest BCUT2D eigenvalue weighted by Crippen LogP contribution is 2.31. The van der Waals surface area contributed by atoms with Crippen LogP contribution in [0.4, 0.5) is 20.2 Å². The molecule has 1 aromatic rings. The molecule has 0 radical (unpaired) electrons. The first-order valence-electron chi connectivity index (χ1n) is 5.46. The molecule has 0 saturated carbocycles. The number of nitro benzene ring substituents is 1. The number of benzene rings is 1. The van der Waals surface area contributed by atoms with Gasteiger partial charge in [0.1, 0.15) is 0 Å². The molecule has 0 aliphatic carbocycles. The maximum atomic E-state index is 12.4. The minimum atomic E-state index is -2.58. The number of hydrogen-bond donors (Lipinski definition) is 1. The van der Waals surface area contributed by atoms with Gasteiger partial charge in [-0.15, -0.1) is 0 Å². The number of ether oxygens (including phenoxy) is 1. The van der Waals surface area contributed by atoms with E-state index < -0.39 is 17.9 Å². The van der Waals surface area contributed by atoms with Crippen LogP contribution in [0.3, 0.4) is 0 Å². The van der Waals surface area contributed by atoms with Gasteiger partial charge in [0.25, 0.3) is 6.43 Å². The van der Waals surface area contributed by atoms with Crippen molar-refractivity contribution in [3.8, 4) is 5.75 Å². The van der Waals surface area contributed by atoms with Crippen LogP contribution in [-0.2, 0) is 0 Å². The Morgan fingerprint density at radius 1 is 1.53 bits per heavy atom. The van der Waals surface area contributed by atoms with Gasteiger partial charge in [0.2, 0.25) is 0 Å². The lowest BCUT2D eigenvalue weighted by molar-refractivity contribution is -0.385. The summed E-state index contributed by atoms with van der Waals surface area (Å²) in [6.07, 6.45) is -2.58. The van der Waals surface area contributed by atoms with Crippen molar-refractivity contribution in [3.05, 3.63) is 28.3 Å². The van der Waals surface area contributed by atoms with Gasteiger partial charge in [-0.05, 0) is 6.07 Å². The zero-order valence-electron chi connectivity index (χ0n) is 10.3. The Bertz CT molecular complexity index is 443. The molecule has 0 saturated heterocycles. The van der Waals surface area contributed by atoms with Gasteiger partial charge in [0, 0.05) is 24.4 Å². The number of alkyl halides is 2. The first kappa shape index (κ1) is 15.1. The lowest BCUT2D eigenvalue weighted by atomic mass is 10.2. The molecule has 0 aliphatic heterocycles. The molecular weight excluding hydrogens is 262 g/mol. The van der Waals surface area contributed by atoms with Gasteiger partial charge in [-0.3, -0.25) is 10.1 Å². The molecule has 0 fully saturated rings. The number of aliphatic hydroxyl groups is 1. The van der Waals surface area contributed by atoms with E-state index in [2.05, 4.69) is 0 Å². The average molecular weight is 276 g/mol. The van der Waals surface area contributed by atoms with E-state index in [1.807, 2.05) is 0 Å². The van der Waals surface area contributed by atoms with E-state index in [-0.39, 0.29) is 24.6 Å². The molecule has 0 unspecified atom stereocenters. The maximum Gasteiger partial charge on any atom is 0.311 e. The Morgan fingerprint density at radius 2 is 2.21 bits per heavy atom. The normalized spacial score (nSPS) is 10.6. The van der Waals surface area contributed by atoms with Gasteiger partial charge in [-0.25, -0.2) is 8.78 Å². The Hall–Kier alpha value is -1.96. The third-order valence-electron chi connectivity index (χ3n) is 2.45. The summed E-state index contributed by atoms with van der Waals surface area (Å²) >= 11 is 0. The van der Waals surface area contributed by atoms with Crippen molar-refractivity contribution in [2.45, 2.75) is 6.43 Å². The fourth-order valence-corrected chi connectivity index (χ4v) is 1.63. The van der Waals surface area contributed by atoms with E-state index in [0.717, 1.165) is 0 Å². The van der Waals surface area contributed by atoms with Crippen LogP contribution in [0.15, 0.2) is 18.2 Å². The van der Waals surface area contributed by atoms with Gasteiger partial charge in [0.05, 0.1) is 25.2 Å². The molecule has 1 aromatic carbocycles. The molecule has 1 N–H and O–H groups in total. The number of methoxy groups -OCH3 is 1. The Kier molecular flexibility index (Phi) is 5.43. The standard InChI is InChI=1S/C11H14F2N2O4/c1-19-10-6-8(2-3-9(10)15(17)18)14(4-5-16)7-11(12)13/h2-3,6,11,16H,4-5,7H2,1H3. The van der Waals surface area contributed by atoms with Crippen molar-refractivity contribution in [1.29, 1.82) is 0 Å². The lowest BCUT2D eigenvalue weighted by Crippen LogP contribution is -2.31. The second-order valence-corrected chi connectivity index (χ2v) is 3.67. The summed E-state index contributed by atoms with van der Waals surface area (Å²) in [4.78, 5) is 11.3. The first-order chi connectivity index (χ1) is 8.99. The molecular formula is C11H14F2N2O4. The summed E-state index contributed by atoms with van der Waals surface area (Å²) in [5.41, 5.74) is 0.0871. The highest BCUT2D eigenvalue weighted by Gasteiger charge is 2.18. The fourth-order valence-electron chi connectivity index (χ4n) is 1.63. The van der Waals surface area contributed by atoms with Crippen LogP contribution in [0.2, 0.25) is 0 Å². The Balaban J connectivity index is 3.07. The molecule has 0 aliphatic rings. The number of rotatable bonds is 7. The minimum absolute atomic E-state index is 0.00526. The summed E-state index contributed by atoms with van der Waals surface area (Å²) in [6, 6.07) is 3.83. The monoisotopic (exact) mass is 276 g/mol. The lowest BCUT2D eigenvalue weighted by Gasteiger charge is -2.23. The van der Waals surface area contributed by atoms with E-state index in [1.54, 1.807) is 0 Å². The predicted octanol–water partition coefficient (Wildman–Crippen LogP) is 1.67. The molecule has 0 bridgehead atoms. The van der Waals surface area contributed by atoms with Crippen LogP contribution in [0.5, 0.6) is 5.75 Å². The largest absolute Gasteiger partial charge is 0.490 e. The van der Waals surface area contributed by atoms with Crippen molar-refractivity contribution in [2.24, 2.45) is 0 Å². The number of aliphatic hydroxyl groups excluding tert-OH is 1. The topological polar surface area (TPSA) is 75.8 Å². The van der Waals surface area contributed by atoms with Crippen LogP contribution in [0, 0.1) is 10.1 Å². The van der Waals surface area contributed by atoms with Crippen LogP contribution in [-0.4, -0.2) is 43.3 Å². The fraction of sp³-hybridized carbons (Fsp3) is 0.455. The maximum absolute atomic E-state index is 12.4. The highest BCUT2D eigenvalue weighted by atomic mass is 19.3. The zero-order chi connectivity index (χ0) is 14.4. The third kappa shape index (κ3) is 4.02. The molecule has 0 spiro atoms. The molecule has 8 heteroatoms. The molecule has 106 valence electrons. The van der Waals surface area contributed by atoms with Gasteiger partial charge in [-0.2, -0.15) is 0 Å². The minimum Gasteiger partial charge on any atom is -0.490 e. The van der Waals surface area contributed by atoms with E-state index in [4.69, 9.17) is 9.84 Å². The predicted molar refractivity (Wildman–Crippen MR) is 65.0 cm³/mol. The second kappa shape index (κ2) is 6.83. The van der Waals surface area contributed by atoms with Crippen molar-refractivity contribution in [1.82, 2.24) is 0 Å². The van der Waals surface area contributed by atoms with Crippen LogP contribution in [0.1, 0.15) is 0 Å². The second-order valence-electron chi connectivity index (χ2n) is 3.67. The number of halogens is 2. The van der Waals surface area contributed by atoms with Crippen LogP contribution < -0.4 is 9.64 Å². The zero-order valence-corrected chi connectivity index (χ0v) is 10.3. The summed E-state index contributed by atoms with van der Waals surface area (Å²) in [5, 5.41) is 19.6. The summed E-state index contributed by atoms with van der Waals surface area (Å²) in [6.45, 7) is -0.862. The third-order valence-corrected chi connectivity index (χ3v) is 2.45. The van der Waals surface area contributed by atoms with Crippen LogP contribution in [0.25, 0.3) is 0 Å². The van der Waals surface area contributed by atoms with E-state index in [9.17, 15) is 18.9 Å². The average Bonchev–Trinajstić information content (AvgIpc) is 2.36. The Morgan fingerprint density at radius 3 is 2.68 bits per heavy atom. The van der Waals surface area contributed by atoms with Crippen molar-refractivity contribution < 1.29 is 23.5 Å². The highest BCUT2D eigenvalue weighted by molar-refractivity contribution is 5.59. The Labute approximate surface area is 108 Å². The molecule has 0 aromatic heterocycles. The van der Waals surface area contributed by atoms with Crippen molar-refractivity contribution in [3.63, 3.8) is 0 Å². The van der Waals surface area contributed by atoms with E-state index in [0.29, 0.717) is 5.69 Å². The molecule has 6 nitrogen and oxygen atoms in total. The number of nitro groups is 1. The molecule has 19 heavy (non-hydrogen) atoms. The van der Waals surface area contributed by atoms with Crippen LogP contribution >= 0.6 is 0 Å². The summed E-state index contributed by atoms with van der Waals surface area (Å²) < 4.78 is 29.7. The smallest absolute Gasteiger partial charge is 0.311 e. The molecule has 0 heterocycles. The number of nitrogens with zero attached hydrogens (tertiary/aromatic N) is 2. The van der Waals surface area contributed by atoms with Gasteiger partial charge >= 0.3 is 5.69 Å². The molecule has 1 rings (SSSR count). The SMILES string of the molecule is COc1cc(N(CCO)CC(F)F)ccc1[N+](=O)[O-]. The van der Waals surface area contributed by atoms with E-state index >= 15 is 0 Å². The summed E-state index contributed by atoms with van der Waals surface area (Å²) in [5.74, 6) is -0.0142. The van der Waals surface area contributed by atoms with Gasteiger partial charge < -0.3 is 14.7 Å². The first-order valence-corrected chi connectivity index (χ1v) is 5.46. The van der Waals surface area contributed by atoms with Gasteiger partial charge in [-0.1, -0.05) is 0 Å². The molecule has 0 atom stereocenters.